The molecule has 10 heteroatoms. The standard InChI is InChI=1S/C20H30N4O6/c1-11(2)8-15(24-18(27)12(3)21)19(28)22-10-17(26)23-16(20(29)30)9-13-4-6-14(25)7-5-13/h4-7,11-12,15-16,25H,8-10,21H2,1-3H3,(H,22,28)(H,23,26)(H,24,27)(H,29,30)/t12-,15-,16-/m0/s1. The fraction of sp³-hybridized carbons (Fsp3) is 0.500. The van der Waals surface area contributed by atoms with Crippen molar-refractivity contribution in [2.24, 2.45) is 11.7 Å². The summed E-state index contributed by atoms with van der Waals surface area (Å²) in [6, 6.07) is 3.09. The number of aliphatic carboxylic acids is 1. The first-order chi connectivity index (χ1) is 14.0. The van der Waals surface area contributed by atoms with Crippen LogP contribution in [0.1, 0.15) is 32.8 Å². The summed E-state index contributed by atoms with van der Waals surface area (Å²) in [6.45, 7) is 4.81. The molecule has 0 saturated carbocycles. The zero-order chi connectivity index (χ0) is 22.8. The molecule has 3 amide bonds. The number of rotatable bonds is 11. The van der Waals surface area contributed by atoms with Gasteiger partial charge in [-0.15, -0.1) is 0 Å². The highest BCUT2D eigenvalue weighted by molar-refractivity contribution is 5.92. The Bertz CT molecular complexity index is 748. The first-order valence-electron chi connectivity index (χ1n) is 9.63. The van der Waals surface area contributed by atoms with Gasteiger partial charge in [0.1, 0.15) is 17.8 Å². The van der Waals surface area contributed by atoms with Gasteiger partial charge in [-0.25, -0.2) is 4.79 Å². The van der Waals surface area contributed by atoms with E-state index in [0.29, 0.717) is 12.0 Å². The van der Waals surface area contributed by atoms with Crippen LogP contribution in [-0.4, -0.2) is 58.6 Å². The van der Waals surface area contributed by atoms with Crippen molar-refractivity contribution in [3.63, 3.8) is 0 Å². The molecule has 0 radical (unpaired) electrons. The molecule has 0 aliphatic rings. The molecule has 7 N–H and O–H groups in total. The number of carbonyl (C=O) groups is 4. The molecule has 10 nitrogen and oxygen atoms in total. The lowest BCUT2D eigenvalue weighted by Crippen LogP contribution is -2.53. The van der Waals surface area contributed by atoms with Crippen molar-refractivity contribution in [2.75, 3.05) is 6.54 Å². The molecule has 0 fully saturated rings. The molecule has 0 saturated heterocycles. The molecule has 0 bridgehead atoms. The van der Waals surface area contributed by atoms with Crippen molar-refractivity contribution in [2.45, 2.75) is 51.7 Å². The number of phenolic OH excluding ortho intramolecular Hbond substituents is 1. The highest BCUT2D eigenvalue weighted by atomic mass is 16.4. The Morgan fingerprint density at radius 1 is 0.967 bits per heavy atom. The zero-order valence-electron chi connectivity index (χ0n) is 17.3. The summed E-state index contributed by atoms with van der Waals surface area (Å²) in [5, 5.41) is 25.9. The third-order valence-corrected chi connectivity index (χ3v) is 4.19. The first-order valence-corrected chi connectivity index (χ1v) is 9.63. The van der Waals surface area contributed by atoms with Crippen LogP contribution < -0.4 is 21.7 Å². The van der Waals surface area contributed by atoms with E-state index in [0.717, 1.165) is 0 Å². The number of carbonyl (C=O) groups excluding carboxylic acids is 3. The van der Waals surface area contributed by atoms with Gasteiger partial charge in [-0.1, -0.05) is 26.0 Å². The van der Waals surface area contributed by atoms with Gasteiger partial charge in [0, 0.05) is 6.42 Å². The zero-order valence-corrected chi connectivity index (χ0v) is 17.3. The first kappa shape index (κ1) is 24.9. The molecule has 166 valence electrons. The minimum absolute atomic E-state index is 0.00964. The molecule has 0 spiro atoms. The fourth-order valence-corrected chi connectivity index (χ4v) is 2.61. The average Bonchev–Trinajstić information content (AvgIpc) is 2.66. The van der Waals surface area contributed by atoms with Gasteiger partial charge < -0.3 is 31.9 Å². The molecule has 0 unspecified atom stereocenters. The largest absolute Gasteiger partial charge is 0.508 e. The molecule has 1 aromatic carbocycles. The molecule has 3 atom stereocenters. The van der Waals surface area contributed by atoms with Gasteiger partial charge >= 0.3 is 5.97 Å². The third-order valence-electron chi connectivity index (χ3n) is 4.19. The van der Waals surface area contributed by atoms with E-state index in [4.69, 9.17) is 5.73 Å². The number of nitrogens with two attached hydrogens (primary N) is 1. The van der Waals surface area contributed by atoms with Gasteiger partial charge in [-0.3, -0.25) is 14.4 Å². The SMILES string of the molecule is CC(C)C[C@H](NC(=O)[C@H](C)N)C(=O)NCC(=O)N[C@@H](Cc1ccc(O)cc1)C(=O)O. The number of hydrogen-bond donors (Lipinski definition) is 6. The van der Waals surface area contributed by atoms with E-state index >= 15 is 0 Å². The van der Waals surface area contributed by atoms with Gasteiger partial charge in [0.25, 0.3) is 0 Å². The summed E-state index contributed by atoms with van der Waals surface area (Å²) in [7, 11) is 0. The number of carboxylic acids is 1. The van der Waals surface area contributed by atoms with Crippen LogP contribution in [0, 0.1) is 5.92 Å². The Morgan fingerprint density at radius 3 is 2.07 bits per heavy atom. The minimum Gasteiger partial charge on any atom is -0.508 e. The van der Waals surface area contributed by atoms with Crippen molar-refractivity contribution < 1.29 is 29.4 Å². The Hall–Kier alpha value is -3.14. The lowest BCUT2D eigenvalue weighted by molar-refractivity contribution is -0.141. The van der Waals surface area contributed by atoms with Gasteiger partial charge in [-0.2, -0.15) is 0 Å². The summed E-state index contributed by atoms with van der Waals surface area (Å²) in [4.78, 5) is 47.8. The van der Waals surface area contributed by atoms with Crippen LogP contribution in [-0.2, 0) is 25.6 Å². The quantitative estimate of drug-likeness (QED) is 0.279. The second kappa shape index (κ2) is 11.8. The second-order valence-electron chi connectivity index (χ2n) is 7.53. The van der Waals surface area contributed by atoms with E-state index in [9.17, 15) is 29.4 Å². The van der Waals surface area contributed by atoms with E-state index in [1.54, 1.807) is 12.1 Å². The van der Waals surface area contributed by atoms with Crippen LogP contribution in [0.15, 0.2) is 24.3 Å². The molecule has 30 heavy (non-hydrogen) atoms. The number of hydrogen-bond acceptors (Lipinski definition) is 6. The fourth-order valence-electron chi connectivity index (χ4n) is 2.61. The van der Waals surface area contributed by atoms with E-state index in [-0.39, 0.29) is 18.1 Å². The van der Waals surface area contributed by atoms with E-state index in [1.165, 1.54) is 19.1 Å². The maximum Gasteiger partial charge on any atom is 0.326 e. The molecular weight excluding hydrogens is 392 g/mol. The Kier molecular flexibility index (Phi) is 9.76. The van der Waals surface area contributed by atoms with E-state index in [1.807, 2.05) is 13.8 Å². The monoisotopic (exact) mass is 422 g/mol. The van der Waals surface area contributed by atoms with Crippen LogP contribution in [0.2, 0.25) is 0 Å². The number of aromatic hydroxyl groups is 1. The molecular formula is C20H30N4O6. The second-order valence-corrected chi connectivity index (χ2v) is 7.53. The number of benzene rings is 1. The lowest BCUT2D eigenvalue weighted by atomic mass is 10.0. The van der Waals surface area contributed by atoms with Crippen LogP contribution in [0.5, 0.6) is 5.75 Å². The van der Waals surface area contributed by atoms with Crippen LogP contribution >= 0.6 is 0 Å². The molecule has 0 aliphatic carbocycles. The minimum atomic E-state index is -1.23. The number of nitrogens with one attached hydrogen (secondary N) is 3. The van der Waals surface area contributed by atoms with Gasteiger partial charge in [0.05, 0.1) is 12.6 Å². The van der Waals surface area contributed by atoms with Gasteiger partial charge in [0.2, 0.25) is 17.7 Å². The molecule has 0 aliphatic heterocycles. The smallest absolute Gasteiger partial charge is 0.326 e. The van der Waals surface area contributed by atoms with Crippen LogP contribution in [0.3, 0.4) is 0 Å². The number of carboxylic acid groups (broad SMARTS) is 1. The van der Waals surface area contributed by atoms with Crippen molar-refractivity contribution in [3.8, 4) is 5.75 Å². The van der Waals surface area contributed by atoms with Crippen molar-refractivity contribution in [1.29, 1.82) is 0 Å². The van der Waals surface area contributed by atoms with Gasteiger partial charge in [0.15, 0.2) is 0 Å². The molecule has 0 aromatic heterocycles. The molecule has 1 rings (SSSR count). The third kappa shape index (κ3) is 8.91. The predicted molar refractivity (Wildman–Crippen MR) is 109 cm³/mol. The summed E-state index contributed by atoms with van der Waals surface area (Å²) >= 11 is 0. The van der Waals surface area contributed by atoms with Crippen LogP contribution in [0.25, 0.3) is 0 Å². The van der Waals surface area contributed by atoms with Crippen molar-refractivity contribution in [1.82, 2.24) is 16.0 Å². The average molecular weight is 422 g/mol. The maximum atomic E-state index is 12.4. The topological polar surface area (TPSA) is 171 Å². The normalized spacial score (nSPS) is 13.8. The van der Waals surface area contributed by atoms with Gasteiger partial charge in [-0.05, 0) is 37.0 Å². The Labute approximate surface area is 175 Å². The van der Waals surface area contributed by atoms with Crippen molar-refractivity contribution >= 4 is 23.7 Å². The van der Waals surface area contributed by atoms with E-state index < -0.39 is 48.4 Å². The number of amides is 3. The lowest BCUT2D eigenvalue weighted by Gasteiger charge is -2.21. The predicted octanol–water partition coefficient (Wildman–Crippen LogP) is -0.502. The maximum absolute atomic E-state index is 12.4. The highest BCUT2D eigenvalue weighted by Crippen LogP contribution is 2.11. The van der Waals surface area contributed by atoms with E-state index in [2.05, 4.69) is 16.0 Å². The Morgan fingerprint density at radius 2 is 1.57 bits per heavy atom. The molecule has 0 heterocycles. The number of phenols is 1. The van der Waals surface area contributed by atoms with Crippen molar-refractivity contribution in [3.05, 3.63) is 29.8 Å². The summed E-state index contributed by atoms with van der Waals surface area (Å²) in [6.07, 6.45) is 0.361. The Balaban J connectivity index is 2.65. The summed E-state index contributed by atoms with van der Waals surface area (Å²) in [5.74, 6) is -2.81. The van der Waals surface area contributed by atoms with Crippen LogP contribution in [0.4, 0.5) is 0 Å². The highest BCUT2D eigenvalue weighted by Gasteiger charge is 2.25. The molecule has 1 aromatic rings. The summed E-state index contributed by atoms with van der Waals surface area (Å²) in [5.41, 5.74) is 6.13. The summed E-state index contributed by atoms with van der Waals surface area (Å²) < 4.78 is 0.